The van der Waals surface area contributed by atoms with Crippen molar-refractivity contribution in [3.05, 3.63) is 44.8 Å². The van der Waals surface area contributed by atoms with Gasteiger partial charge in [0.2, 0.25) is 5.28 Å². The van der Waals surface area contributed by atoms with Crippen molar-refractivity contribution < 1.29 is 4.39 Å². The van der Waals surface area contributed by atoms with Gasteiger partial charge in [-0.2, -0.15) is 4.68 Å². The Morgan fingerprint density at radius 3 is 2.67 bits per heavy atom. The molecule has 0 amide bonds. The zero-order valence-electron chi connectivity index (χ0n) is 9.11. The lowest BCUT2D eigenvalue weighted by Gasteiger charge is -2.01. The third-order valence-electron chi connectivity index (χ3n) is 2.82. The highest BCUT2D eigenvalue weighted by atomic mass is 35.5. The molecule has 1 heterocycles. The molecule has 18 heavy (non-hydrogen) atoms. The van der Waals surface area contributed by atoms with E-state index in [1.54, 1.807) is 0 Å². The van der Waals surface area contributed by atoms with Crippen LogP contribution in [-0.4, -0.2) is 14.3 Å². The van der Waals surface area contributed by atoms with Crippen LogP contribution in [0.3, 0.4) is 0 Å². The van der Waals surface area contributed by atoms with Gasteiger partial charge in [0.15, 0.2) is 5.82 Å². The van der Waals surface area contributed by atoms with E-state index in [1.807, 2.05) is 0 Å². The van der Waals surface area contributed by atoms with Crippen LogP contribution < -0.4 is 5.69 Å². The Labute approximate surface area is 112 Å². The van der Waals surface area contributed by atoms with Crippen LogP contribution in [0.5, 0.6) is 0 Å². The van der Waals surface area contributed by atoms with Gasteiger partial charge in [0.25, 0.3) is 0 Å². The first kappa shape index (κ1) is 11.7. The first-order chi connectivity index (χ1) is 8.58. The molecule has 0 bridgehead atoms. The van der Waals surface area contributed by atoms with Gasteiger partial charge in [0.05, 0.1) is 0 Å². The molecule has 94 valence electrons. The zero-order valence-corrected chi connectivity index (χ0v) is 10.6. The molecule has 0 aliphatic heterocycles. The van der Waals surface area contributed by atoms with Crippen LogP contribution in [0.4, 0.5) is 4.39 Å². The van der Waals surface area contributed by atoms with E-state index in [4.69, 9.17) is 23.2 Å². The Hall–Kier alpha value is -1.33. The Morgan fingerprint density at radius 1 is 1.33 bits per heavy atom. The van der Waals surface area contributed by atoms with Crippen molar-refractivity contribution >= 4 is 23.2 Å². The smallest absolute Gasteiger partial charge is 0.262 e. The van der Waals surface area contributed by atoms with Crippen molar-refractivity contribution in [3.8, 4) is 5.69 Å². The van der Waals surface area contributed by atoms with E-state index < -0.39 is 11.5 Å². The molecule has 2 aromatic rings. The molecule has 1 saturated carbocycles. The van der Waals surface area contributed by atoms with Gasteiger partial charge in [-0.05, 0) is 42.6 Å². The molecule has 3 rings (SSSR count). The fraction of sp³-hybridized carbons (Fsp3) is 0.273. The topological polar surface area (TPSA) is 39.8 Å². The van der Waals surface area contributed by atoms with Crippen LogP contribution in [0.25, 0.3) is 5.69 Å². The number of aromatic nitrogens is 3. The number of hydrogen-bond acceptors (Lipinski definition) is 2. The summed E-state index contributed by atoms with van der Waals surface area (Å²) >= 11 is 11.6. The van der Waals surface area contributed by atoms with Crippen molar-refractivity contribution in [2.24, 2.45) is 0 Å². The highest BCUT2D eigenvalue weighted by molar-refractivity contribution is 6.30. The summed E-state index contributed by atoms with van der Waals surface area (Å²) in [6, 6.07) is 4.12. The summed E-state index contributed by atoms with van der Waals surface area (Å²) < 4.78 is 16.1. The Balaban J connectivity index is 2.17. The van der Waals surface area contributed by atoms with E-state index in [9.17, 15) is 9.18 Å². The summed E-state index contributed by atoms with van der Waals surface area (Å²) in [4.78, 5) is 12.1. The molecule has 1 aliphatic rings. The molecule has 0 radical (unpaired) electrons. The SMILES string of the molecule is O=c1n(-c2ccc(Cl)cc2F)nc(Cl)n1C1CC1. The largest absolute Gasteiger partial charge is 0.352 e. The van der Waals surface area contributed by atoms with Gasteiger partial charge in [-0.3, -0.25) is 4.57 Å². The van der Waals surface area contributed by atoms with Crippen molar-refractivity contribution in [2.75, 3.05) is 0 Å². The van der Waals surface area contributed by atoms with Gasteiger partial charge in [0.1, 0.15) is 5.69 Å². The average Bonchev–Trinajstić information content (AvgIpc) is 3.07. The Morgan fingerprint density at radius 2 is 2.06 bits per heavy atom. The molecule has 0 saturated heterocycles. The lowest BCUT2D eigenvalue weighted by atomic mass is 10.3. The maximum absolute atomic E-state index is 13.7. The summed E-state index contributed by atoms with van der Waals surface area (Å²) in [6.07, 6.45) is 1.79. The van der Waals surface area contributed by atoms with E-state index in [0.29, 0.717) is 0 Å². The molecule has 4 nitrogen and oxygen atoms in total. The number of hydrogen-bond donors (Lipinski definition) is 0. The second-order valence-electron chi connectivity index (χ2n) is 4.16. The Kier molecular flexibility index (Phi) is 2.68. The summed E-state index contributed by atoms with van der Waals surface area (Å²) in [6.45, 7) is 0. The molecule has 1 fully saturated rings. The molecule has 0 atom stereocenters. The van der Waals surface area contributed by atoms with Crippen LogP contribution in [0.15, 0.2) is 23.0 Å². The van der Waals surface area contributed by atoms with E-state index in [0.717, 1.165) is 23.6 Å². The lowest BCUT2D eigenvalue weighted by molar-refractivity contribution is 0.604. The summed E-state index contributed by atoms with van der Waals surface area (Å²) in [5, 5.41) is 4.22. The fourth-order valence-corrected chi connectivity index (χ4v) is 2.25. The predicted octanol–water partition coefficient (Wildman–Crippen LogP) is 2.81. The van der Waals surface area contributed by atoms with Gasteiger partial charge in [-0.25, -0.2) is 9.18 Å². The average molecular weight is 288 g/mol. The molecule has 1 aliphatic carbocycles. The highest BCUT2D eigenvalue weighted by Gasteiger charge is 2.30. The van der Waals surface area contributed by atoms with Crippen LogP contribution in [0.2, 0.25) is 10.3 Å². The summed E-state index contributed by atoms with van der Waals surface area (Å²) in [5.74, 6) is -0.610. The molecule has 1 aromatic heterocycles. The Bertz CT molecular complexity index is 675. The van der Waals surface area contributed by atoms with Crippen molar-refractivity contribution in [1.29, 1.82) is 0 Å². The monoisotopic (exact) mass is 287 g/mol. The fourth-order valence-electron chi connectivity index (χ4n) is 1.80. The van der Waals surface area contributed by atoms with E-state index in [-0.39, 0.29) is 22.0 Å². The minimum absolute atomic E-state index is 0.0469. The van der Waals surface area contributed by atoms with Crippen LogP contribution >= 0.6 is 23.2 Å². The van der Waals surface area contributed by atoms with Crippen molar-refractivity contribution in [3.63, 3.8) is 0 Å². The molecule has 0 unspecified atom stereocenters. The number of halogens is 3. The van der Waals surface area contributed by atoms with Crippen LogP contribution in [0.1, 0.15) is 18.9 Å². The van der Waals surface area contributed by atoms with Gasteiger partial charge < -0.3 is 0 Å². The highest BCUT2D eigenvalue weighted by Crippen LogP contribution is 2.35. The quantitative estimate of drug-likeness (QED) is 0.852. The molecule has 0 spiro atoms. The molecule has 0 N–H and O–H groups in total. The van der Waals surface area contributed by atoms with Gasteiger partial charge in [-0.1, -0.05) is 11.6 Å². The lowest BCUT2D eigenvalue weighted by Crippen LogP contribution is -2.23. The number of rotatable bonds is 2. The number of nitrogens with zero attached hydrogens (tertiary/aromatic N) is 3. The second-order valence-corrected chi connectivity index (χ2v) is 4.93. The van der Waals surface area contributed by atoms with E-state index >= 15 is 0 Å². The molecular formula is C11H8Cl2FN3O. The maximum Gasteiger partial charge on any atom is 0.352 e. The first-order valence-corrected chi connectivity index (χ1v) is 6.16. The first-order valence-electron chi connectivity index (χ1n) is 5.40. The van der Waals surface area contributed by atoms with Crippen molar-refractivity contribution in [2.45, 2.75) is 18.9 Å². The summed E-state index contributed by atoms with van der Waals surface area (Å²) in [5.41, 5.74) is -0.380. The standard InChI is InChI=1S/C11H8Cl2FN3O/c12-6-1-4-9(8(14)5-6)17-11(18)16(7-2-3-7)10(13)15-17/h1,4-5,7H,2-3H2. The molecule has 7 heteroatoms. The van der Waals surface area contributed by atoms with Gasteiger partial charge in [-0.15, -0.1) is 5.10 Å². The molecule has 1 aromatic carbocycles. The minimum atomic E-state index is -0.610. The second kappa shape index (κ2) is 4.10. The van der Waals surface area contributed by atoms with Crippen LogP contribution in [0, 0.1) is 5.82 Å². The van der Waals surface area contributed by atoms with E-state index in [2.05, 4.69) is 5.10 Å². The summed E-state index contributed by atoms with van der Waals surface area (Å²) in [7, 11) is 0. The molecular weight excluding hydrogens is 280 g/mol. The normalized spacial score (nSPS) is 15.1. The third-order valence-corrected chi connectivity index (χ3v) is 3.31. The minimum Gasteiger partial charge on any atom is -0.262 e. The predicted molar refractivity (Wildman–Crippen MR) is 66.1 cm³/mol. The van der Waals surface area contributed by atoms with Gasteiger partial charge >= 0.3 is 5.69 Å². The van der Waals surface area contributed by atoms with Crippen molar-refractivity contribution in [1.82, 2.24) is 14.3 Å². The zero-order chi connectivity index (χ0) is 12.9. The van der Waals surface area contributed by atoms with E-state index in [1.165, 1.54) is 16.7 Å². The van der Waals surface area contributed by atoms with Gasteiger partial charge in [0, 0.05) is 11.1 Å². The number of benzene rings is 1. The van der Waals surface area contributed by atoms with Crippen LogP contribution in [-0.2, 0) is 0 Å². The maximum atomic E-state index is 13.7. The third kappa shape index (κ3) is 1.83.